The van der Waals surface area contributed by atoms with Crippen molar-refractivity contribution in [3.05, 3.63) is 17.5 Å². The SMILES string of the molecule is O=COB(O)c1cccs1. The molecular formula is C5H5BO3S. The summed E-state index contributed by atoms with van der Waals surface area (Å²) in [7, 11) is -1.10. The van der Waals surface area contributed by atoms with E-state index in [1.54, 1.807) is 17.5 Å². The Kier molecular flexibility index (Phi) is 2.47. The van der Waals surface area contributed by atoms with E-state index >= 15 is 0 Å². The maximum absolute atomic E-state index is 9.73. The lowest BCUT2D eigenvalue weighted by atomic mass is 9.89. The van der Waals surface area contributed by atoms with Crippen molar-refractivity contribution in [3.8, 4) is 0 Å². The van der Waals surface area contributed by atoms with E-state index in [1.165, 1.54) is 11.3 Å². The molecule has 1 N–H and O–H groups in total. The summed E-state index contributed by atoms with van der Waals surface area (Å²) in [5, 5.41) is 10.8. The van der Waals surface area contributed by atoms with Gasteiger partial charge in [-0.25, -0.2) is 0 Å². The van der Waals surface area contributed by atoms with Gasteiger partial charge in [0, 0.05) is 4.78 Å². The number of hydrogen-bond acceptors (Lipinski definition) is 4. The molecule has 1 aromatic heterocycles. The molecular weight excluding hydrogens is 151 g/mol. The molecule has 0 bridgehead atoms. The van der Waals surface area contributed by atoms with Crippen molar-refractivity contribution in [2.24, 2.45) is 0 Å². The molecule has 0 saturated carbocycles. The Morgan fingerprint density at radius 1 is 1.80 bits per heavy atom. The lowest BCUT2D eigenvalue weighted by molar-refractivity contribution is -0.121. The minimum Gasteiger partial charge on any atom is -0.508 e. The lowest BCUT2D eigenvalue weighted by Gasteiger charge is -1.97. The summed E-state index contributed by atoms with van der Waals surface area (Å²) in [5.41, 5.74) is 0. The van der Waals surface area contributed by atoms with Gasteiger partial charge in [-0.15, -0.1) is 0 Å². The highest BCUT2D eigenvalue weighted by Gasteiger charge is 2.17. The van der Waals surface area contributed by atoms with Gasteiger partial charge >= 0.3 is 7.12 Å². The van der Waals surface area contributed by atoms with Gasteiger partial charge in [0.2, 0.25) is 0 Å². The number of hydrogen-bond donors (Lipinski definition) is 1. The van der Waals surface area contributed by atoms with Crippen LogP contribution in [0, 0.1) is 0 Å². The van der Waals surface area contributed by atoms with Gasteiger partial charge in [0.05, 0.1) is 0 Å². The number of carbonyl (C=O) groups is 1. The second kappa shape index (κ2) is 3.38. The van der Waals surface area contributed by atoms with Crippen molar-refractivity contribution < 1.29 is 14.5 Å². The zero-order valence-corrected chi connectivity index (χ0v) is 5.88. The van der Waals surface area contributed by atoms with Crippen molar-refractivity contribution in [1.82, 2.24) is 0 Å². The maximum Gasteiger partial charge on any atom is 0.572 e. The Bertz CT molecular complexity index is 199. The normalized spacial score (nSPS) is 8.90. The van der Waals surface area contributed by atoms with E-state index in [4.69, 9.17) is 5.02 Å². The van der Waals surface area contributed by atoms with Gasteiger partial charge < -0.3 is 9.68 Å². The summed E-state index contributed by atoms with van der Waals surface area (Å²) < 4.78 is 4.90. The summed E-state index contributed by atoms with van der Waals surface area (Å²) in [6, 6.07) is 3.47. The molecule has 0 aliphatic heterocycles. The van der Waals surface area contributed by atoms with Gasteiger partial charge in [-0.05, 0) is 5.38 Å². The first-order valence-corrected chi connectivity index (χ1v) is 3.53. The Hall–Kier alpha value is -0.805. The van der Waals surface area contributed by atoms with E-state index < -0.39 is 7.12 Å². The van der Waals surface area contributed by atoms with Gasteiger partial charge in [-0.1, -0.05) is 12.1 Å². The number of rotatable bonds is 3. The summed E-state index contributed by atoms with van der Waals surface area (Å²) in [6.07, 6.45) is 0. The van der Waals surface area contributed by atoms with E-state index in [9.17, 15) is 4.79 Å². The molecule has 0 aliphatic carbocycles. The van der Waals surface area contributed by atoms with Crippen LogP contribution in [0.5, 0.6) is 0 Å². The van der Waals surface area contributed by atoms with Crippen LogP contribution >= 0.6 is 11.3 Å². The topological polar surface area (TPSA) is 46.5 Å². The van der Waals surface area contributed by atoms with Crippen LogP contribution in [-0.2, 0) is 9.45 Å². The van der Waals surface area contributed by atoms with Crippen LogP contribution in [0.4, 0.5) is 0 Å². The summed E-state index contributed by atoms with van der Waals surface area (Å²) in [6.45, 7) is 0.227. The highest BCUT2D eigenvalue weighted by Crippen LogP contribution is 1.94. The van der Waals surface area contributed by atoms with Crippen molar-refractivity contribution in [2.75, 3.05) is 0 Å². The first-order chi connectivity index (χ1) is 4.84. The molecule has 0 spiro atoms. The molecule has 1 rings (SSSR count). The molecule has 1 aromatic rings. The maximum atomic E-state index is 9.73. The molecule has 0 fully saturated rings. The van der Waals surface area contributed by atoms with Gasteiger partial charge in [0.15, 0.2) is 0 Å². The minimum atomic E-state index is -1.10. The van der Waals surface area contributed by atoms with E-state index in [1.807, 2.05) is 0 Å². The molecule has 0 radical (unpaired) electrons. The molecule has 0 aliphatic rings. The van der Waals surface area contributed by atoms with Gasteiger partial charge in [-0.3, -0.25) is 4.79 Å². The molecule has 0 aromatic carbocycles. The highest BCUT2D eigenvalue weighted by atomic mass is 32.1. The summed E-state index contributed by atoms with van der Waals surface area (Å²) in [4.78, 5) is 9.73. The van der Waals surface area contributed by atoms with Crippen LogP contribution in [-0.4, -0.2) is 18.6 Å². The molecule has 5 heteroatoms. The van der Waals surface area contributed by atoms with Crippen LogP contribution < -0.4 is 4.78 Å². The zero-order chi connectivity index (χ0) is 7.40. The standard InChI is InChI=1S/C5H5BO3S/c7-4-9-6(8)5-2-1-3-10-5/h1-4,8H. The van der Waals surface area contributed by atoms with Crippen molar-refractivity contribution in [1.29, 1.82) is 0 Å². The minimum absolute atomic E-state index is 0.227. The van der Waals surface area contributed by atoms with E-state index in [0.717, 1.165) is 0 Å². The molecule has 10 heavy (non-hydrogen) atoms. The molecule has 52 valence electrons. The third kappa shape index (κ3) is 1.59. The first kappa shape index (κ1) is 7.30. The predicted molar refractivity (Wildman–Crippen MR) is 39.1 cm³/mol. The van der Waals surface area contributed by atoms with Crippen molar-refractivity contribution >= 4 is 29.7 Å². The number of thiophene rings is 1. The fourth-order valence-electron chi connectivity index (χ4n) is 0.551. The van der Waals surface area contributed by atoms with Gasteiger partial charge in [0.25, 0.3) is 6.47 Å². The smallest absolute Gasteiger partial charge is 0.508 e. The van der Waals surface area contributed by atoms with E-state index in [-0.39, 0.29) is 6.47 Å². The third-order valence-corrected chi connectivity index (χ3v) is 1.87. The average molecular weight is 156 g/mol. The Balaban J connectivity index is 2.58. The zero-order valence-electron chi connectivity index (χ0n) is 5.06. The predicted octanol–water partition coefficient (Wildman–Crippen LogP) is -0.391. The Labute approximate surface area is 62.4 Å². The number of carbonyl (C=O) groups excluding carboxylic acids is 1. The monoisotopic (exact) mass is 156 g/mol. The quantitative estimate of drug-likeness (QED) is 0.478. The summed E-state index contributed by atoms with van der Waals surface area (Å²) in [5.74, 6) is 0. The Morgan fingerprint density at radius 2 is 2.60 bits per heavy atom. The largest absolute Gasteiger partial charge is 0.572 e. The first-order valence-electron chi connectivity index (χ1n) is 2.65. The molecule has 3 nitrogen and oxygen atoms in total. The van der Waals surface area contributed by atoms with Gasteiger partial charge in [0.1, 0.15) is 0 Å². The fraction of sp³-hybridized carbons (Fsp3) is 0. The molecule has 0 amide bonds. The second-order valence-corrected chi connectivity index (χ2v) is 2.58. The van der Waals surface area contributed by atoms with E-state index in [0.29, 0.717) is 4.78 Å². The van der Waals surface area contributed by atoms with Crippen molar-refractivity contribution in [3.63, 3.8) is 0 Å². The molecule has 0 atom stereocenters. The summed E-state index contributed by atoms with van der Waals surface area (Å²) >= 11 is 1.34. The van der Waals surface area contributed by atoms with Crippen LogP contribution in [0.15, 0.2) is 17.5 Å². The van der Waals surface area contributed by atoms with Crippen molar-refractivity contribution in [2.45, 2.75) is 0 Å². The van der Waals surface area contributed by atoms with Crippen LogP contribution in [0.2, 0.25) is 0 Å². The highest BCUT2D eigenvalue weighted by molar-refractivity contribution is 7.20. The fourth-order valence-corrected chi connectivity index (χ4v) is 1.19. The average Bonchev–Trinajstić information content (AvgIpc) is 2.38. The van der Waals surface area contributed by atoms with Crippen LogP contribution in [0.25, 0.3) is 0 Å². The molecule has 0 unspecified atom stereocenters. The van der Waals surface area contributed by atoms with Crippen LogP contribution in [0.3, 0.4) is 0 Å². The third-order valence-electron chi connectivity index (χ3n) is 0.971. The second-order valence-electron chi connectivity index (χ2n) is 1.60. The lowest BCUT2D eigenvalue weighted by Crippen LogP contribution is -2.30. The molecule has 0 saturated heterocycles. The van der Waals surface area contributed by atoms with Crippen LogP contribution in [0.1, 0.15) is 0 Å². The van der Waals surface area contributed by atoms with E-state index in [2.05, 4.69) is 4.65 Å². The molecule has 1 heterocycles. The Morgan fingerprint density at radius 3 is 3.10 bits per heavy atom. The van der Waals surface area contributed by atoms with Gasteiger partial charge in [-0.2, -0.15) is 11.3 Å².